The zero-order chi connectivity index (χ0) is 31.9. The van der Waals surface area contributed by atoms with E-state index in [1.807, 2.05) is 0 Å². The summed E-state index contributed by atoms with van der Waals surface area (Å²) in [6.45, 7) is 20.6. The zero-order valence-corrected chi connectivity index (χ0v) is 30.0. The van der Waals surface area contributed by atoms with Crippen molar-refractivity contribution in [2.75, 3.05) is 19.8 Å². The Morgan fingerprint density at radius 1 is 0.795 bits per heavy atom. The number of aliphatic hydroxyl groups excluding tert-OH is 1. The van der Waals surface area contributed by atoms with E-state index in [1.54, 1.807) is 0 Å². The van der Waals surface area contributed by atoms with Crippen LogP contribution in [0.2, 0.25) is 5.04 Å². The van der Waals surface area contributed by atoms with Gasteiger partial charge in [-0.1, -0.05) is 129 Å². The third-order valence-electron chi connectivity index (χ3n) is 12.0. The maximum Gasteiger partial charge on any atom is 0.261 e. The van der Waals surface area contributed by atoms with E-state index in [2.05, 4.69) is 116 Å². The van der Waals surface area contributed by atoms with Crippen LogP contribution in [-0.4, -0.2) is 45.1 Å². The van der Waals surface area contributed by atoms with Gasteiger partial charge in [0.1, 0.15) is 0 Å². The number of aliphatic hydroxyl groups is 1. The molecule has 5 rings (SSSR count). The highest BCUT2D eigenvalue weighted by atomic mass is 28.4. The molecular weight excluding hydrogens is 561 g/mol. The molecule has 1 aliphatic heterocycles. The number of hydrogen-bond acceptors (Lipinski definition) is 4. The summed E-state index contributed by atoms with van der Waals surface area (Å²) >= 11 is 0. The van der Waals surface area contributed by atoms with Crippen LogP contribution in [0.4, 0.5) is 0 Å². The molecule has 1 saturated heterocycles. The first-order valence-corrected chi connectivity index (χ1v) is 19.3. The predicted molar refractivity (Wildman–Crippen MR) is 184 cm³/mol. The SMILES string of the molecule is CC1(C)COC2(CCC[C@@H]([C@@H](O)[C@@H]3CCCC[C@@]3(C)CCO[Si](c3ccccc3)(c3ccccc3)C(C)(C)C)C2(C)C)OC1. The normalized spacial score (nSPS) is 29.3. The van der Waals surface area contributed by atoms with E-state index < -0.39 is 14.1 Å². The molecule has 2 aromatic carbocycles. The number of rotatable bonds is 8. The molecule has 0 unspecified atom stereocenters. The Labute approximate surface area is 269 Å². The molecule has 4 nitrogen and oxygen atoms in total. The monoisotopic (exact) mass is 620 g/mol. The molecule has 44 heavy (non-hydrogen) atoms. The number of benzene rings is 2. The third-order valence-corrected chi connectivity index (χ3v) is 17.0. The molecular formula is C39H60O4Si. The van der Waals surface area contributed by atoms with Crippen LogP contribution >= 0.6 is 0 Å². The van der Waals surface area contributed by atoms with E-state index in [1.165, 1.54) is 23.2 Å². The van der Waals surface area contributed by atoms with Crippen LogP contribution in [-0.2, 0) is 13.9 Å². The third kappa shape index (κ3) is 6.13. The Kier molecular flexibility index (Phi) is 9.69. The van der Waals surface area contributed by atoms with Gasteiger partial charge in [0.05, 0.1) is 19.3 Å². The molecule has 0 aromatic heterocycles. The van der Waals surface area contributed by atoms with Crippen LogP contribution in [0.1, 0.15) is 107 Å². The summed E-state index contributed by atoms with van der Waals surface area (Å²) in [7, 11) is -2.61. The highest BCUT2D eigenvalue weighted by Gasteiger charge is 2.60. The molecule has 0 radical (unpaired) electrons. The van der Waals surface area contributed by atoms with Gasteiger partial charge in [0.2, 0.25) is 0 Å². The number of ether oxygens (including phenoxy) is 2. The highest BCUT2D eigenvalue weighted by Crippen LogP contribution is 2.57. The van der Waals surface area contributed by atoms with Crippen molar-refractivity contribution < 1.29 is 19.0 Å². The minimum Gasteiger partial charge on any atom is -0.407 e. The fourth-order valence-corrected chi connectivity index (χ4v) is 13.7. The van der Waals surface area contributed by atoms with Crippen molar-refractivity contribution in [2.24, 2.45) is 28.1 Å². The molecule has 3 fully saturated rings. The average Bonchev–Trinajstić information content (AvgIpc) is 2.98. The largest absolute Gasteiger partial charge is 0.407 e. The Bertz CT molecular complexity index is 1170. The van der Waals surface area contributed by atoms with E-state index in [-0.39, 0.29) is 39.2 Å². The van der Waals surface area contributed by atoms with Gasteiger partial charge >= 0.3 is 0 Å². The maximum absolute atomic E-state index is 12.4. The second-order valence-corrected chi connectivity index (χ2v) is 21.3. The summed E-state index contributed by atoms with van der Waals surface area (Å²) in [5.74, 6) is -0.236. The van der Waals surface area contributed by atoms with Crippen LogP contribution in [0.3, 0.4) is 0 Å². The van der Waals surface area contributed by atoms with Crippen molar-refractivity contribution in [2.45, 2.75) is 124 Å². The lowest BCUT2D eigenvalue weighted by molar-refractivity contribution is -0.368. The fourth-order valence-electron chi connectivity index (χ4n) is 9.14. The van der Waals surface area contributed by atoms with E-state index in [4.69, 9.17) is 13.9 Å². The molecule has 0 amide bonds. The van der Waals surface area contributed by atoms with E-state index in [0.29, 0.717) is 19.8 Å². The van der Waals surface area contributed by atoms with Gasteiger partial charge in [-0.15, -0.1) is 0 Å². The molecule has 5 heteroatoms. The summed E-state index contributed by atoms with van der Waals surface area (Å²) in [5.41, 5.74) is -0.231. The Hall–Kier alpha value is -1.50. The van der Waals surface area contributed by atoms with E-state index >= 15 is 0 Å². The van der Waals surface area contributed by atoms with Gasteiger partial charge in [-0.2, -0.15) is 0 Å². The summed E-state index contributed by atoms with van der Waals surface area (Å²) < 4.78 is 20.6. The molecule has 3 aliphatic rings. The van der Waals surface area contributed by atoms with E-state index in [0.717, 1.165) is 38.5 Å². The molecule has 2 aromatic rings. The van der Waals surface area contributed by atoms with Crippen molar-refractivity contribution in [1.82, 2.24) is 0 Å². The van der Waals surface area contributed by atoms with Gasteiger partial charge in [0.15, 0.2) is 5.79 Å². The zero-order valence-electron chi connectivity index (χ0n) is 29.0. The van der Waals surface area contributed by atoms with Gasteiger partial charge in [0, 0.05) is 23.9 Å². The maximum atomic E-state index is 12.4. The molecule has 1 heterocycles. The average molecular weight is 621 g/mol. The van der Waals surface area contributed by atoms with Gasteiger partial charge < -0.3 is 19.0 Å². The smallest absolute Gasteiger partial charge is 0.261 e. The predicted octanol–water partition coefficient (Wildman–Crippen LogP) is 8.11. The van der Waals surface area contributed by atoms with Gasteiger partial charge in [-0.05, 0) is 64.8 Å². The number of hydrogen-bond donors (Lipinski definition) is 1. The molecule has 1 spiro atoms. The Balaban J connectivity index is 1.39. The standard InChI is InChI=1S/C39H60O4Si/c1-35(2,3)44(30-18-11-9-12-19-30,31-20-13-10-14-21-31)43-27-26-38(8)24-16-15-22-33(38)34(40)32-23-17-25-39(37(32,6)7)41-28-36(4,5)29-42-39/h9-14,18-21,32-34,40H,15-17,22-29H2,1-8H3/t32-,33-,34+,38-/m0/s1. The highest BCUT2D eigenvalue weighted by molar-refractivity contribution is 6.99. The second kappa shape index (κ2) is 12.6. The van der Waals surface area contributed by atoms with Crippen molar-refractivity contribution in [3.63, 3.8) is 0 Å². The van der Waals surface area contributed by atoms with Gasteiger partial charge in [0.25, 0.3) is 8.32 Å². The lowest BCUT2D eigenvalue weighted by Gasteiger charge is -2.59. The topological polar surface area (TPSA) is 47.9 Å². The molecule has 0 bridgehead atoms. The quantitative estimate of drug-likeness (QED) is 0.303. The lowest BCUT2D eigenvalue weighted by atomic mass is 9.55. The van der Waals surface area contributed by atoms with Crippen molar-refractivity contribution in [3.8, 4) is 0 Å². The van der Waals surface area contributed by atoms with Crippen molar-refractivity contribution in [3.05, 3.63) is 60.7 Å². The summed E-state index contributed by atoms with van der Waals surface area (Å²) in [6.07, 6.45) is 8.16. The van der Waals surface area contributed by atoms with Crippen molar-refractivity contribution in [1.29, 1.82) is 0 Å². The molecule has 1 N–H and O–H groups in total. The van der Waals surface area contributed by atoms with Crippen LogP contribution in [0.25, 0.3) is 0 Å². The Morgan fingerprint density at radius 2 is 1.34 bits per heavy atom. The first-order chi connectivity index (χ1) is 20.7. The van der Waals surface area contributed by atoms with E-state index in [9.17, 15) is 5.11 Å². The molecule has 2 saturated carbocycles. The summed E-state index contributed by atoms with van der Waals surface area (Å²) in [5, 5.41) is 15.0. The molecule has 4 atom stereocenters. The first kappa shape index (κ1) is 33.8. The van der Waals surface area contributed by atoms with Crippen molar-refractivity contribution >= 4 is 18.7 Å². The van der Waals surface area contributed by atoms with Crippen LogP contribution in [0, 0.1) is 28.1 Å². The lowest BCUT2D eigenvalue weighted by Crippen LogP contribution is -2.66. The van der Waals surface area contributed by atoms with Crippen LogP contribution in [0.5, 0.6) is 0 Å². The molecule has 244 valence electrons. The molecule has 2 aliphatic carbocycles. The summed E-state index contributed by atoms with van der Waals surface area (Å²) in [4.78, 5) is 0. The minimum absolute atomic E-state index is 0.0139. The Morgan fingerprint density at radius 3 is 1.89 bits per heavy atom. The fraction of sp³-hybridized carbons (Fsp3) is 0.692. The van der Waals surface area contributed by atoms with Gasteiger partial charge in [-0.3, -0.25) is 0 Å². The second-order valence-electron chi connectivity index (χ2n) is 17.0. The van der Waals surface area contributed by atoms with Gasteiger partial charge in [-0.25, -0.2) is 0 Å². The van der Waals surface area contributed by atoms with Crippen LogP contribution in [0.15, 0.2) is 60.7 Å². The minimum atomic E-state index is -2.61. The summed E-state index contributed by atoms with van der Waals surface area (Å²) in [6, 6.07) is 21.9. The van der Waals surface area contributed by atoms with Crippen LogP contribution < -0.4 is 10.4 Å². The first-order valence-electron chi connectivity index (χ1n) is 17.4.